The normalized spacial score (nSPS) is 9.31. The van der Waals surface area contributed by atoms with E-state index in [1.54, 1.807) is 6.07 Å². The van der Waals surface area contributed by atoms with Gasteiger partial charge in [0.15, 0.2) is 0 Å². The summed E-state index contributed by atoms with van der Waals surface area (Å²) in [7, 11) is 0. The number of halogens is 1. The number of rotatable bonds is 3. The van der Waals surface area contributed by atoms with Crippen molar-refractivity contribution < 1.29 is 14.2 Å². The highest BCUT2D eigenvalue weighted by Gasteiger charge is 2.02. The van der Waals surface area contributed by atoms with Gasteiger partial charge in [-0.2, -0.15) is 5.26 Å². The molecule has 0 bridgehead atoms. The molecule has 0 aliphatic heterocycles. The van der Waals surface area contributed by atoms with Crippen LogP contribution >= 0.6 is 0 Å². The topological polar surface area (TPSA) is 53.2 Å². The first-order valence-corrected chi connectivity index (χ1v) is 3.71. The highest BCUT2D eigenvalue weighted by Crippen LogP contribution is 2.15. The number of hydrogen-bond acceptors (Lipinski definition) is 3. The molecule has 4 heteroatoms. The monoisotopic (exact) mass is 181 g/mol. The molecule has 1 rings (SSSR count). The summed E-state index contributed by atoms with van der Waals surface area (Å²) in [5, 5.41) is 16.9. The van der Waals surface area contributed by atoms with Crippen molar-refractivity contribution in [2.45, 2.75) is 0 Å². The van der Waals surface area contributed by atoms with Gasteiger partial charge in [0.05, 0.1) is 12.2 Å². The van der Waals surface area contributed by atoms with Gasteiger partial charge >= 0.3 is 0 Å². The molecule has 0 spiro atoms. The minimum absolute atomic E-state index is 0.0598. The lowest BCUT2D eigenvalue weighted by Crippen LogP contribution is -2.01. The molecule has 0 aromatic heterocycles. The zero-order chi connectivity index (χ0) is 9.68. The zero-order valence-corrected chi connectivity index (χ0v) is 6.83. The Balaban J connectivity index is 2.82. The van der Waals surface area contributed by atoms with Crippen molar-refractivity contribution in [1.29, 1.82) is 5.26 Å². The second kappa shape index (κ2) is 4.43. The van der Waals surface area contributed by atoms with Crippen LogP contribution in [0.4, 0.5) is 4.39 Å². The van der Waals surface area contributed by atoms with Crippen LogP contribution in [-0.4, -0.2) is 18.3 Å². The molecule has 0 amide bonds. The summed E-state index contributed by atoms with van der Waals surface area (Å²) in [5.74, 6) is -0.189. The third-order valence-electron chi connectivity index (χ3n) is 1.42. The van der Waals surface area contributed by atoms with E-state index in [-0.39, 0.29) is 18.8 Å². The first-order valence-electron chi connectivity index (χ1n) is 3.71. The summed E-state index contributed by atoms with van der Waals surface area (Å²) in [6, 6.07) is 5.56. The number of ether oxygens (including phenoxy) is 1. The average molecular weight is 181 g/mol. The summed E-state index contributed by atoms with van der Waals surface area (Å²) in [5.41, 5.74) is -0.0598. The van der Waals surface area contributed by atoms with Crippen LogP contribution in [0, 0.1) is 17.1 Å². The van der Waals surface area contributed by atoms with E-state index in [2.05, 4.69) is 0 Å². The van der Waals surface area contributed by atoms with Gasteiger partial charge in [0.1, 0.15) is 24.2 Å². The van der Waals surface area contributed by atoms with Crippen LogP contribution in [0.15, 0.2) is 18.2 Å². The molecule has 3 nitrogen and oxygen atoms in total. The third kappa shape index (κ3) is 2.42. The maximum Gasteiger partial charge on any atom is 0.141 e. The van der Waals surface area contributed by atoms with Crippen LogP contribution in [0.2, 0.25) is 0 Å². The fourth-order valence-electron chi connectivity index (χ4n) is 0.843. The van der Waals surface area contributed by atoms with Crippen molar-refractivity contribution in [3.63, 3.8) is 0 Å². The molecule has 0 radical (unpaired) electrons. The SMILES string of the molecule is N#Cc1cc(OCCO)ccc1F. The number of hydrogen-bond donors (Lipinski definition) is 1. The van der Waals surface area contributed by atoms with Gasteiger partial charge in [-0.15, -0.1) is 0 Å². The third-order valence-corrected chi connectivity index (χ3v) is 1.42. The lowest BCUT2D eigenvalue weighted by molar-refractivity contribution is 0.201. The minimum Gasteiger partial charge on any atom is -0.491 e. The van der Waals surface area contributed by atoms with Gasteiger partial charge in [-0.05, 0) is 12.1 Å². The van der Waals surface area contributed by atoms with E-state index in [0.29, 0.717) is 5.75 Å². The number of nitrogens with zero attached hydrogens (tertiary/aromatic N) is 1. The van der Waals surface area contributed by atoms with Gasteiger partial charge < -0.3 is 9.84 Å². The van der Waals surface area contributed by atoms with Crippen LogP contribution < -0.4 is 4.74 Å². The summed E-state index contributed by atoms with van der Waals surface area (Å²) >= 11 is 0. The van der Waals surface area contributed by atoms with Crippen LogP contribution in [0.1, 0.15) is 5.56 Å². The van der Waals surface area contributed by atoms with Gasteiger partial charge in [0.2, 0.25) is 0 Å². The first kappa shape index (κ1) is 9.49. The highest BCUT2D eigenvalue weighted by atomic mass is 19.1. The van der Waals surface area contributed by atoms with Gasteiger partial charge in [-0.25, -0.2) is 4.39 Å². The Bertz CT molecular complexity index is 333. The molecule has 0 heterocycles. The molecular weight excluding hydrogens is 173 g/mol. The predicted molar refractivity (Wildman–Crippen MR) is 43.7 cm³/mol. The lowest BCUT2D eigenvalue weighted by Gasteiger charge is -2.03. The molecule has 0 atom stereocenters. The Morgan fingerprint density at radius 1 is 1.54 bits per heavy atom. The molecule has 1 aromatic carbocycles. The average Bonchev–Trinajstić information content (AvgIpc) is 2.16. The van der Waals surface area contributed by atoms with Crippen LogP contribution in [0.25, 0.3) is 0 Å². The minimum atomic E-state index is -0.571. The van der Waals surface area contributed by atoms with E-state index in [4.69, 9.17) is 15.1 Å². The van der Waals surface area contributed by atoms with E-state index in [9.17, 15) is 4.39 Å². The van der Waals surface area contributed by atoms with Crippen molar-refractivity contribution in [3.05, 3.63) is 29.6 Å². The Kier molecular flexibility index (Phi) is 3.23. The standard InChI is InChI=1S/C9H8FNO2/c10-9-2-1-8(13-4-3-12)5-7(9)6-11/h1-2,5,12H,3-4H2. The van der Waals surface area contributed by atoms with Gasteiger partial charge in [-0.1, -0.05) is 0 Å². The Morgan fingerprint density at radius 3 is 2.92 bits per heavy atom. The number of aliphatic hydroxyl groups excluding tert-OH is 1. The number of nitriles is 1. The fourth-order valence-corrected chi connectivity index (χ4v) is 0.843. The van der Waals surface area contributed by atoms with Crippen molar-refractivity contribution in [3.8, 4) is 11.8 Å². The van der Waals surface area contributed by atoms with Crippen molar-refractivity contribution in [2.24, 2.45) is 0 Å². The van der Waals surface area contributed by atoms with Crippen molar-refractivity contribution >= 4 is 0 Å². The second-order valence-electron chi connectivity index (χ2n) is 2.33. The molecule has 1 aromatic rings. The molecule has 68 valence electrons. The van der Waals surface area contributed by atoms with Crippen LogP contribution in [-0.2, 0) is 0 Å². The Morgan fingerprint density at radius 2 is 2.31 bits per heavy atom. The Labute approximate surface area is 75.0 Å². The number of benzene rings is 1. The molecule has 0 aliphatic carbocycles. The first-order chi connectivity index (χ1) is 6.27. The van der Waals surface area contributed by atoms with Gasteiger partial charge in [0.25, 0.3) is 0 Å². The highest BCUT2D eigenvalue weighted by molar-refractivity contribution is 5.37. The van der Waals surface area contributed by atoms with E-state index < -0.39 is 5.82 Å². The van der Waals surface area contributed by atoms with Crippen LogP contribution in [0.3, 0.4) is 0 Å². The van der Waals surface area contributed by atoms with Crippen molar-refractivity contribution in [2.75, 3.05) is 13.2 Å². The van der Waals surface area contributed by atoms with E-state index in [1.807, 2.05) is 0 Å². The lowest BCUT2D eigenvalue weighted by atomic mass is 10.2. The summed E-state index contributed by atoms with van der Waals surface area (Å²) in [6.07, 6.45) is 0. The molecule has 1 N–H and O–H groups in total. The predicted octanol–water partition coefficient (Wildman–Crippen LogP) is 1.07. The molecule has 0 fully saturated rings. The molecule has 0 saturated heterocycles. The van der Waals surface area contributed by atoms with E-state index in [0.717, 1.165) is 6.07 Å². The smallest absolute Gasteiger partial charge is 0.141 e. The van der Waals surface area contributed by atoms with Gasteiger partial charge in [0, 0.05) is 6.07 Å². The Hall–Kier alpha value is -1.60. The maximum atomic E-state index is 12.8. The fraction of sp³-hybridized carbons (Fsp3) is 0.222. The molecule has 0 unspecified atom stereocenters. The summed E-state index contributed by atoms with van der Waals surface area (Å²) in [6.45, 7) is 0.0236. The quantitative estimate of drug-likeness (QED) is 0.758. The molecule has 0 aliphatic rings. The summed E-state index contributed by atoms with van der Waals surface area (Å²) < 4.78 is 17.7. The number of aliphatic hydroxyl groups is 1. The largest absolute Gasteiger partial charge is 0.491 e. The van der Waals surface area contributed by atoms with E-state index >= 15 is 0 Å². The zero-order valence-electron chi connectivity index (χ0n) is 6.83. The molecule has 13 heavy (non-hydrogen) atoms. The summed E-state index contributed by atoms with van der Waals surface area (Å²) in [4.78, 5) is 0. The second-order valence-corrected chi connectivity index (χ2v) is 2.33. The van der Waals surface area contributed by atoms with Crippen LogP contribution in [0.5, 0.6) is 5.75 Å². The van der Waals surface area contributed by atoms with Gasteiger partial charge in [-0.3, -0.25) is 0 Å². The maximum absolute atomic E-state index is 12.8. The molecule has 0 saturated carbocycles. The molecular formula is C9H8FNO2. The van der Waals surface area contributed by atoms with E-state index in [1.165, 1.54) is 12.1 Å². The van der Waals surface area contributed by atoms with Crippen molar-refractivity contribution in [1.82, 2.24) is 0 Å².